The number of carboxylic acid groups (broad SMARTS) is 1. The minimum atomic E-state index is -5.08. The molecule has 4 rings (SSSR count). The quantitative estimate of drug-likeness (QED) is 0.854. The van der Waals surface area contributed by atoms with E-state index in [1.165, 1.54) is 0 Å². The van der Waals surface area contributed by atoms with Gasteiger partial charge < -0.3 is 15.2 Å². The molecule has 130 valence electrons. The Morgan fingerprint density at radius 1 is 1.33 bits per heavy atom. The molecular formula is C14H15F3N4O3. The molecule has 1 saturated carbocycles. The first kappa shape index (κ1) is 16.5. The molecule has 24 heavy (non-hydrogen) atoms. The SMILES string of the molecule is COc1ccc2nnc(C3[C@H]4CNC[C@@H]34)n2c1.O=C(O)C(F)(F)F. The third-order valence-electron chi connectivity index (χ3n) is 4.27. The number of piperidine rings is 1. The first-order chi connectivity index (χ1) is 11.3. The van der Waals surface area contributed by atoms with Crippen molar-refractivity contribution < 1.29 is 27.8 Å². The standard InChI is InChI=1S/C12H14N4O.C2HF3O2/c1-17-7-2-3-10-14-15-12(16(10)6-7)11-8-4-13-5-9(8)11;3-2(4,5)1(6)7/h2-3,6,8-9,11,13H,4-5H2,1H3;(H,6,7)/t8-,9+,11?;. The zero-order valence-corrected chi connectivity index (χ0v) is 12.6. The second-order valence-electron chi connectivity index (χ2n) is 5.67. The van der Waals surface area contributed by atoms with Gasteiger partial charge in [-0.1, -0.05) is 0 Å². The van der Waals surface area contributed by atoms with Crippen molar-refractivity contribution >= 4 is 11.6 Å². The Morgan fingerprint density at radius 2 is 1.96 bits per heavy atom. The van der Waals surface area contributed by atoms with E-state index >= 15 is 0 Å². The molecule has 2 aromatic rings. The maximum absolute atomic E-state index is 10.6. The highest BCUT2D eigenvalue weighted by Gasteiger charge is 2.55. The molecule has 2 aliphatic rings. The second kappa shape index (κ2) is 5.93. The first-order valence-electron chi connectivity index (χ1n) is 7.22. The van der Waals surface area contributed by atoms with Gasteiger partial charge in [-0.15, -0.1) is 10.2 Å². The molecule has 0 amide bonds. The zero-order chi connectivity index (χ0) is 17.5. The Morgan fingerprint density at radius 3 is 2.50 bits per heavy atom. The van der Waals surface area contributed by atoms with Crippen LogP contribution >= 0.6 is 0 Å². The number of fused-ring (bicyclic) bond motifs is 2. The molecule has 1 aliphatic carbocycles. The number of alkyl halides is 3. The highest BCUT2D eigenvalue weighted by molar-refractivity contribution is 5.73. The van der Waals surface area contributed by atoms with Crippen LogP contribution in [0.5, 0.6) is 5.75 Å². The molecule has 1 aliphatic heterocycles. The molecule has 0 bridgehead atoms. The number of hydrogen-bond donors (Lipinski definition) is 2. The fraction of sp³-hybridized carbons (Fsp3) is 0.500. The minimum Gasteiger partial charge on any atom is -0.495 e. The van der Waals surface area contributed by atoms with Gasteiger partial charge in [-0.05, 0) is 37.1 Å². The highest BCUT2D eigenvalue weighted by atomic mass is 19.4. The summed E-state index contributed by atoms with van der Waals surface area (Å²) in [5.74, 6) is 1.28. The summed E-state index contributed by atoms with van der Waals surface area (Å²) in [7, 11) is 1.68. The summed E-state index contributed by atoms with van der Waals surface area (Å²) in [6, 6.07) is 3.87. The summed E-state index contributed by atoms with van der Waals surface area (Å²) < 4.78 is 39.1. The van der Waals surface area contributed by atoms with Crippen LogP contribution in [-0.4, -0.2) is 52.0 Å². The fourth-order valence-electron chi connectivity index (χ4n) is 3.04. The molecule has 0 radical (unpaired) electrons. The van der Waals surface area contributed by atoms with Crippen LogP contribution in [-0.2, 0) is 4.79 Å². The number of hydrogen-bond acceptors (Lipinski definition) is 5. The fourth-order valence-corrected chi connectivity index (χ4v) is 3.04. The summed E-state index contributed by atoms with van der Waals surface area (Å²) in [6.07, 6.45) is -3.11. The Labute approximate surface area is 134 Å². The van der Waals surface area contributed by atoms with E-state index in [9.17, 15) is 13.2 Å². The maximum Gasteiger partial charge on any atom is 0.490 e. The molecule has 10 heteroatoms. The lowest BCUT2D eigenvalue weighted by atomic mass is 10.2. The van der Waals surface area contributed by atoms with Crippen molar-refractivity contribution in [2.45, 2.75) is 12.1 Å². The van der Waals surface area contributed by atoms with E-state index in [2.05, 4.69) is 19.9 Å². The lowest BCUT2D eigenvalue weighted by molar-refractivity contribution is -0.192. The molecule has 3 heterocycles. The van der Waals surface area contributed by atoms with Gasteiger partial charge in [0.05, 0.1) is 13.3 Å². The molecular weight excluding hydrogens is 329 g/mol. The van der Waals surface area contributed by atoms with Crippen LogP contribution in [0.4, 0.5) is 13.2 Å². The molecule has 7 nitrogen and oxygen atoms in total. The number of halogens is 3. The van der Waals surface area contributed by atoms with Crippen LogP contribution in [0.1, 0.15) is 11.7 Å². The van der Waals surface area contributed by atoms with Crippen molar-refractivity contribution in [1.82, 2.24) is 19.9 Å². The number of carbonyl (C=O) groups is 1. The summed E-state index contributed by atoms with van der Waals surface area (Å²) >= 11 is 0. The lowest BCUT2D eigenvalue weighted by Crippen LogP contribution is -2.21. The Bertz CT molecular complexity index is 751. The van der Waals surface area contributed by atoms with E-state index < -0.39 is 12.1 Å². The average Bonchev–Trinajstić information content (AvgIpc) is 2.93. The van der Waals surface area contributed by atoms with Gasteiger partial charge in [-0.2, -0.15) is 13.2 Å². The number of aromatic nitrogens is 3. The Balaban J connectivity index is 0.000000209. The normalized spacial score (nSPS) is 24.9. The van der Waals surface area contributed by atoms with Crippen LogP contribution in [0.2, 0.25) is 0 Å². The number of aliphatic carboxylic acids is 1. The van der Waals surface area contributed by atoms with E-state index in [1.54, 1.807) is 7.11 Å². The number of pyridine rings is 1. The summed E-state index contributed by atoms with van der Waals surface area (Å²) in [5.41, 5.74) is 0.902. The van der Waals surface area contributed by atoms with Gasteiger partial charge in [0, 0.05) is 5.92 Å². The lowest BCUT2D eigenvalue weighted by Gasteiger charge is -2.04. The van der Waals surface area contributed by atoms with Crippen molar-refractivity contribution in [3.63, 3.8) is 0 Å². The van der Waals surface area contributed by atoms with Crippen LogP contribution < -0.4 is 10.1 Å². The zero-order valence-electron chi connectivity index (χ0n) is 12.6. The van der Waals surface area contributed by atoms with Crippen molar-refractivity contribution in [3.8, 4) is 5.75 Å². The van der Waals surface area contributed by atoms with Crippen LogP contribution in [0.15, 0.2) is 18.3 Å². The topological polar surface area (TPSA) is 88.8 Å². The van der Waals surface area contributed by atoms with Gasteiger partial charge in [0.15, 0.2) is 5.65 Å². The molecule has 2 aromatic heterocycles. The van der Waals surface area contributed by atoms with Crippen molar-refractivity contribution in [3.05, 3.63) is 24.2 Å². The number of nitrogens with one attached hydrogen (secondary N) is 1. The average molecular weight is 344 g/mol. The van der Waals surface area contributed by atoms with E-state index in [1.807, 2.05) is 18.3 Å². The number of ether oxygens (including phenoxy) is 1. The maximum atomic E-state index is 10.6. The summed E-state index contributed by atoms with van der Waals surface area (Å²) in [6.45, 7) is 2.24. The summed E-state index contributed by atoms with van der Waals surface area (Å²) in [4.78, 5) is 8.90. The smallest absolute Gasteiger partial charge is 0.490 e. The molecule has 3 atom stereocenters. The van der Waals surface area contributed by atoms with Crippen LogP contribution in [0.3, 0.4) is 0 Å². The van der Waals surface area contributed by atoms with E-state index in [0.29, 0.717) is 5.92 Å². The van der Waals surface area contributed by atoms with Gasteiger partial charge in [-0.25, -0.2) is 4.79 Å². The predicted molar refractivity (Wildman–Crippen MR) is 75.8 cm³/mol. The van der Waals surface area contributed by atoms with Gasteiger partial charge >= 0.3 is 12.1 Å². The minimum absolute atomic E-state index is 0.582. The largest absolute Gasteiger partial charge is 0.495 e. The van der Waals surface area contributed by atoms with E-state index in [-0.39, 0.29) is 0 Å². The van der Waals surface area contributed by atoms with Gasteiger partial charge in [0.1, 0.15) is 11.6 Å². The highest BCUT2D eigenvalue weighted by Crippen LogP contribution is 2.55. The molecule has 1 unspecified atom stereocenters. The number of methoxy groups -OCH3 is 1. The van der Waals surface area contributed by atoms with Gasteiger partial charge in [-0.3, -0.25) is 4.40 Å². The Hall–Kier alpha value is -2.36. The molecule has 1 saturated heterocycles. The molecule has 0 spiro atoms. The van der Waals surface area contributed by atoms with Crippen molar-refractivity contribution in [2.75, 3.05) is 20.2 Å². The second-order valence-corrected chi connectivity index (χ2v) is 5.67. The monoisotopic (exact) mass is 344 g/mol. The molecule has 2 N–H and O–H groups in total. The predicted octanol–water partition coefficient (Wildman–Crippen LogP) is 1.30. The van der Waals surface area contributed by atoms with Crippen LogP contribution in [0.25, 0.3) is 5.65 Å². The number of carboxylic acids is 1. The van der Waals surface area contributed by atoms with Crippen LogP contribution in [0, 0.1) is 11.8 Å². The van der Waals surface area contributed by atoms with E-state index in [0.717, 1.165) is 42.1 Å². The molecule has 0 aromatic carbocycles. The van der Waals surface area contributed by atoms with Gasteiger partial charge in [0.2, 0.25) is 0 Å². The number of nitrogens with zero attached hydrogens (tertiary/aromatic N) is 3. The summed E-state index contributed by atoms with van der Waals surface area (Å²) in [5, 5.41) is 19.1. The van der Waals surface area contributed by atoms with Crippen molar-refractivity contribution in [2.24, 2.45) is 11.8 Å². The molecule has 2 fully saturated rings. The van der Waals surface area contributed by atoms with Crippen molar-refractivity contribution in [1.29, 1.82) is 0 Å². The Kier molecular flexibility index (Phi) is 4.08. The van der Waals surface area contributed by atoms with E-state index in [4.69, 9.17) is 14.6 Å². The third-order valence-corrected chi connectivity index (χ3v) is 4.27. The third kappa shape index (κ3) is 3.01. The number of rotatable bonds is 2. The first-order valence-corrected chi connectivity index (χ1v) is 7.22. The van der Waals surface area contributed by atoms with Gasteiger partial charge in [0.25, 0.3) is 0 Å².